The maximum atomic E-state index is 2.35. The summed E-state index contributed by atoms with van der Waals surface area (Å²) in [5.41, 5.74) is 10.9. The minimum Gasteiger partial charge on any atom is -1.00 e. The number of fused-ring (bicyclic) bond motifs is 4. The first-order chi connectivity index (χ1) is 22.7. The van der Waals surface area contributed by atoms with Crippen molar-refractivity contribution in [3.05, 3.63) is 156 Å². The quantitative estimate of drug-likeness (QED) is 0.134. The van der Waals surface area contributed by atoms with Gasteiger partial charge >= 0.3 is 41.9 Å². The van der Waals surface area contributed by atoms with Crippen LogP contribution in [0.25, 0.3) is 65.3 Å². The molecule has 8 aromatic carbocycles. The average molecular weight is 773 g/mol. The fourth-order valence-corrected chi connectivity index (χ4v) is 6.55. The Kier molecular flexibility index (Phi) is 13.5. The van der Waals surface area contributed by atoms with Crippen LogP contribution in [0.2, 0.25) is 13.1 Å². The van der Waals surface area contributed by atoms with E-state index in [0.29, 0.717) is 0 Å². The van der Waals surface area contributed by atoms with Crippen molar-refractivity contribution in [1.29, 1.82) is 0 Å². The fourth-order valence-electron chi connectivity index (χ4n) is 6.55. The molecule has 0 N–H and O–H groups in total. The van der Waals surface area contributed by atoms with Gasteiger partial charge in [0.05, 0.1) is 0 Å². The molecule has 49 heavy (non-hydrogen) atoms. The molecule has 8 rings (SSSR count). The van der Waals surface area contributed by atoms with E-state index in [4.69, 9.17) is 0 Å². The Hall–Kier alpha value is -3.26. The molecule has 4 heteroatoms. The molecular formula is C45H42Cl2SiZr-2. The van der Waals surface area contributed by atoms with Crippen molar-refractivity contribution in [3.8, 4) is 22.3 Å². The van der Waals surface area contributed by atoms with Gasteiger partial charge in [-0.15, -0.1) is 56.9 Å². The Morgan fingerprint density at radius 3 is 1.43 bits per heavy atom. The van der Waals surface area contributed by atoms with Crippen molar-refractivity contribution in [1.82, 2.24) is 0 Å². The molecule has 0 radical (unpaired) electrons. The Morgan fingerprint density at radius 1 is 0.531 bits per heavy atom. The van der Waals surface area contributed by atoms with E-state index in [1.165, 1.54) is 87.6 Å². The van der Waals surface area contributed by atoms with Gasteiger partial charge in [-0.2, -0.15) is 12.1 Å². The molecule has 0 heterocycles. The van der Waals surface area contributed by atoms with Gasteiger partial charge in [0.25, 0.3) is 0 Å². The van der Waals surface area contributed by atoms with E-state index in [1.54, 1.807) is 23.3 Å². The Balaban J connectivity index is 0.000000192. The molecule has 0 atom stereocenters. The van der Waals surface area contributed by atoms with Crippen LogP contribution in [0.4, 0.5) is 0 Å². The summed E-state index contributed by atoms with van der Waals surface area (Å²) in [6, 6.07) is 49.0. The number of rotatable bonds is 3. The molecule has 0 aliphatic rings. The summed E-state index contributed by atoms with van der Waals surface area (Å²) in [4.78, 5) is 0. The summed E-state index contributed by atoms with van der Waals surface area (Å²) in [6.07, 6.45) is 1.09. The summed E-state index contributed by atoms with van der Waals surface area (Å²) in [5.74, 6) is 0. The third kappa shape index (κ3) is 9.11. The molecule has 0 saturated carbocycles. The Morgan fingerprint density at radius 2 is 0.959 bits per heavy atom. The second-order valence-electron chi connectivity index (χ2n) is 13.0. The van der Waals surface area contributed by atoms with Crippen molar-refractivity contribution in [2.45, 2.75) is 47.2 Å². The number of benzene rings is 6. The molecule has 0 aromatic heterocycles. The number of hydrogen-bond acceptors (Lipinski definition) is 0. The fraction of sp³-hybridized carbons (Fsp3) is 0.156. The maximum absolute atomic E-state index is 2.35. The van der Waals surface area contributed by atoms with Crippen molar-refractivity contribution in [2.24, 2.45) is 0 Å². The molecule has 0 aliphatic heterocycles. The predicted molar refractivity (Wildman–Crippen MR) is 206 cm³/mol. The third-order valence-corrected chi connectivity index (χ3v) is 8.67. The molecule has 0 saturated heterocycles. The first kappa shape index (κ1) is 38.5. The van der Waals surface area contributed by atoms with E-state index < -0.39 is 0 Å². The zero-order chi connectivity index (χ0) is 33.1. The van der Waals surface area contributed by atoms with Gasteiger partial charge < -0.3 is 24.8 Å². The van der Waals surface area contributed by atoms with E-state index >= 15 is 0 Å². The zero-order valence-corrected chi connectivity index (χ0v) is 34.1. The average Bonchev–Trinajstić information content (AvgIpc) is 3.65. The van der Waals surface area contributed by atoms with E-state index in [0.717, 1.165) is 6.42 Å². The molecule has 0 spiro atoms. The number of aryl methyl sites for hydroxylation is 4. The van der Waals surface area contributed by atoms with Crippen LogP contribution in [-0.2, 0) is 29.8 Å². The summed E-state index contributed by atoms with van der Waals surface area (Å²) >= 11 is 1.74. The number of hydrogen-bond donors (Lipinski definition) is 0. The van der Waals surface area contributed by atoms with E-state index in [1.807, 2.05) is 0 Å². The standard InChI is InChI=1S/C22H19.C21H17.C2H6Si.2ClH.Zr/c1-3-16-12-20-10-15(2)11-21(22(20)13-16)19-9-8-17-6-4-5-7-18(17)14-19;1-14-9-19-10-15(2)12-21(19)20(11-14)18-8-7-16-5-3-4-6-17(16)13-18;1-3-2;;;/h4-14H,3H2,1-2H3;3-13H,1-2H3;1-2H3;2*1H;/q2*-1;;;;+2/p-2. The van der Waals surface area contributed by atoms with Gasteiger partial charge in [-0.25, -0.2) is 0 Å². The van der Waals surface area contributed by atoms with Crippen LogP contribution < -0.4 is 24.8 Å². The van der Waals surface area contributed by atoms with Gasteiger partial charge in [0.15, 0.2) is 0 Å². The van der Waals surface area contributed by atoms with E-state index in [2.05, 4.69) is 174 Å². The topological polar surface area (TPSA) is 0 Å². The van der Waals surface area contributed by atoms with E-state index in [-0.39, 0.29) is 30.2 Å². The molecule has 0 bridgehead atoms. The molecule has 246 valence electrons. The molecule has 0 nitrogen and oxygen atoms in total. The second-order valence-corrected chi connectivity index (χ2v) is 22.4. The number of halogens is 2. The smallest absolute Gasteiger partial charge is 0.0178 e. The molecule has 8 aromatic rings. The SMILES string of the molecule is CCc1cc2c(-c3ccc4ccccc4c3)cc(C)cc2[cH-]1.C[Si](C)=[Zr+2].Cc1cc(-c2ccc3ccccc3c2)c2cc(C)[cH-]c2c1.[Cl-].[Cl-]. The molecule has 0 fully saturated rings. The molecular weight excluding hydrogens is 731 g/mol. The normalized spacial score (nSPS) is 10.5. The summed E-state index contributed by atoms with van der Waals surface area (Å²) < 4.78 is 0. The minimum atomic E-state index is 0. The Bertz CT molecular complexity index is 2370. The first-order valence-corrected chi connectivity index (χ1v) is 22.7. The second kappa shape index (κ2) is 17.1. The van der Waals surface area contributed by atoms with Crippen molar-refractivity contribution < 1.29 is 48.1 Å². The van der Waals surface area contributed by atoms with Gasteiger partial charge in [-0.3, -0.25) is 0 Å². The van der Waals surface area contributed by atoms with Crippen molar-refractivity contribution in [3.63, 3.8) is 0 Å². The van der Waals surface area contributed by atoms with Crippen LogP contribution in [0.1, 0.15) is 29.2 Å². The summed E-state index contributed by atoms with van der Waals surface area (Å²) in [5, 5.41) is 10.6. The summed E-state index contributed by atoms with van der Waals surface area (Å²) in [6.45, 7) is 13.4. The van der Waals surface area contributed by atoms with Gasteiger partial charge in [0, 0.05) is 0 Å². The van der Waals surface area contributed by atoms with Gasteiger partial charge in [0.1, 0.15) is 0 Å². The van der Waals surface area contributed by atoms with Crippen LogP contribution in [0.15, 0.2) is 133 Å². The Labute approximate surface area is 319 Å². The van der Waals surface area contributed by atoms with Crippen molar-refractivity contribution in [2.75, 3.05) is 0 Å². The van der Waals surface area contributed by atoms with Gasteiger partial charge in [-0.1, -0.05) is 121 Å². The van der Waals surface area contributed by atoms with Crippen molar-refractivity contribution >= 4 is 48.5 Å². The molecule has 0 unspecified atom stereocenters. The first-order valence-electron chi connectivity index (χ1n) is 16.6. The third-order valence-electron chi connectivity index (χ3n) is 8.67. The minimum absolute atomic E-state index is 0. The maximum Gasteiger partial charge on any atom is -0.0178 e. The van der Waals surface area contributed by atoms with Crippen LogP contribution >= 0.6 is 0 Å². The van der Waals surface area contributed by atoms with Crippen LogP contribution in [-0.4, -0.2) is 5.43 Å². The van der Waals surface area contributed by atoms with Crippen LogP contribution in [0.3, 0.4) is 0 Å². The van der Waals surface area contributed by atoms with Crippen LogP contribution in [0, 0.1) is 20.8 Å². The van der Waals surface area contributed by atoms with Gasteiger partial charge in [-0.05, 0) is 65.1 Å². The van der Waals surface area contributed by atoms with Crippen LogP contribution in [0.5, 0.6) is 0 Å². The van der Waals surface area contributed by atoms with E-state index in [9.17, 15) is 0 Å². The predicted octanol–water partition coefficient (Wildman–Crippen LogP) is 7.04. The monoisotopic (exact) mass is 770 g/mol. The summed E-state index contributed by atoms with van der Waals surface area (Å²) in [7, 11) is 0. The zero-order valence-electron chi connectivity index (χ0n) is 29.2. The molecule has 0 amide bonds. The largest absolute Gasteiger partial charge is 1.00 e. The molecule has 0 aliphatic carbocycles. The van der Waals surface area contributed by atoms with Gasteiger partial charge in [0.2, 0.25) is 0 Å².